The molecule has 2 aromatic heterocycles. The molecule has 9 nitrogen and oxygen atoms in total. The van der Waals surface area contributed by atoms with Crippen LogP contribution < -0.4 is 5.56 Å². The molecule has 0 saturated heterocycles. The Morgan fingerprint density at radius 1 is 1.05 bits per heavy atom. The lowest BCUT2D eigenvalue weighted by atomic mass is 9.73. The van der Waals surface area contributed by atoms with Gasteiger partial charge >= 0.3 is 5.97 Å². The minimum atomic E-state index is -0.655. The number of tetrazole rings is 1. The molecule has 0 amide bonds. The molecule has 0 saturated carbocycles. The van der Waals surface area contributed by atoms with Gasteiger partial charge in [0.2, 0.25) is 0 Å². The van der Waals surface area contributed by atoms with Gasteiger partial charge in [0.25, 0.3) is 5.56 Å². The highest BCUT2D eigenvalue weighted by Crippen LogP contribution is 2.45. The summed E-state index contributed by atoms with van der Waals surface area (Å²) in [6, 6.07) is 16.3. The first kappa shape index (κ1) is 28.5. The number of carbonyl (C=O) groups is 1. The first-order valence-corrected chi connectivity index (χ1v) is 14.9. The molecule has 0 aliphatic carbocycles. The lowest BCUT2D eigenvalue weighted by Crippen LogP contribution is -2.45. The molecule has 2 aromatic carbocycles. The van der Waals surface area contributed by atoms with Crippen LogP contribution in [-0.4, -0.2) is 42.6 Å². The Morgan fingerprint density at radius 3 is 2.41 bits per heavy atom. The molecule has 1 unspecified atom stereocenters. The second-order valence-corrected chi connectivity index (χ2v) is 10.9. The van der Waals surface area contributed by atoms with E-state index >= 15 is 0 Å². The van der Waals surface area contributed by atoms with E-state index in [1.165, 1.54) is 0 Å². The molecular weight excluding hydrogens is 516 g/mol. The number of nitrogens with one attached hydrogen (secondary N) is 1. The van der Waals surface area contributed by atoms with Crippen molar-refractivity contribution in [3.05, 3.63) is 75.7 Å². The molecule has 5 rings (SSSR count). The highest BCUT2D eigenvalue weighted by atomic mass is 16.5. The van der Waals surface area contributed by atoms with Crippen molar-refractivity contribution >= 4 is 5.97 Å². The Balaban J connectivity index is 1.52. The maximum Gasteiger partial charge on any atom is 0.314 e. The third-order valence-electron chi connectivity index (χ3n) is 8.76. The van der Waals surface area contributed by atoms with Gasteiger partial charge in [-0.15, -0.1) is 5.10 Å². The number of esters is 1. The average Bonchev–Trinajstić information content (AvgIpc) is 3.63. The molecule has 0 bridgehead atoms. The number of fused-ring (bicyclic) bond motifs is 1. The number of hydrogen-bond acceptors (Lipinski definition) is 6. The zero-order valence-corrected chi connectivity index (χ0v) is 24.5. The SMILES string of the molecule is CCCc1c(Cc2ccc(-c3ccccc3-c3nnn[nH]3)cc2)c(=O)n2n1C(C(CC)(CC)C(=O)OCC)CCC2. The third-order valence-corrected chi connectivity index (χ3v) is 8.76. The van der Waals surface area contributed by atoms with E-state index in [4.69, 9.17) is 4.74 Å². The molecule has 1 aliphatic heterocycles. The Morgan fingerprint density at radius 2 is 1.78 bits per heavy atom. The highest BCUT2D eigenvalue weighted by Gasteiger charge is 2.47. The summed E-state index contributed by atoms with van der Waals surface area (Å²) >= 11 is 0. The summed E-state index contributed by atoms with van der Waals surface area (Å²) in [7, 11) is 0. The van der Waals surface area contributed by atoms with E-state index in [1.54, 1.807) is 0 Å². The Labute approximate surface area is 240 Å². The van der Waals surface area contributed by atoms with Gasteiger partial charge in [-0.1, -0.05) is 75.7 Å². The second-order valence-electron chi connectivity index (χ2n) is 10.9. The van der Waals surface area contributed by atoms with Crippen molar-refractivity contribution < 1.29 is 9.53 Å². The second kappa shape index (κ2) is 12.2. The summed E-state index contributed by atoms with van der Waals surface area (Å²) in [6.07, 6.45) is 5.33. The molecule has 1 N–H and O–H groups in total. The zero-order valence-electron chi connectivity index (χ0n) is 24.5. The number of ether oxygens (including phenoxy) is 1. The number of carbonyl (C=O) groups excluding carboxylic acids is 1. The smallest absolute Gasteiger partial charge is 0.314 e. The van der Waals surface area contributed by atoms with Gasteiger partial charge in [0.05, 0.1) is 18.1 Å². The molecule has 1 aliphatic rings. The highest BCUT2D eigenvalue weighted by molar-refractivity contribution is 5.80. The van der Waals surface area contributed by atoms with Crippen LogP contribution in [0.25, 0.3) is 22.5 Å². The summed E-state index contributed by atoms with van der Waals surface area (Å²) in [5.74, 6) is 0.472. The van der Waals surface area contributed by atoms with Crippen LogP contribution in [0.2, 0.25) is 0 Å². The summed E-state index contributed by atoms with van der Waals surface area (Å²) in [5, 5.41) is 14.4. The predicted octanol–water partition coefficient (Wildman–Crippen LogP) is 5.74. The van der Waals surface area contributed by atoms with Gasteiger partial charge in [-0.2, -0.15) is 0 Å². The van der Waals surface area contributed by atoms with Crippen molar-refractivity contribution in [2.75, 3.05) is 6.61 Å². The normalized spacial score (nSPS) is 15.1. The van der Waals surface area contributed by atoms with E-state index in [9.17, 15) is 9.59 Å². The van der Waals surface area contributed by atoms with E-state index in [-0.39, 0.29) is 17.6 Å². The van der Waals surface area contributed by atoms with Crippen molar-refractivity contribution in [2.24, 2.45) is 5.41 Å². The van der Waals surface area contributed by atoms with Crippen LogP contribution in [0.4, 0.5) is 0 Å². The van der Waals surface area contributed by atoms with Gasteiger partial charge in [-0.05, 0) is 66.1 Å². The quantitative estimate of drug-likeness (QED) is 0.236. The molecule has 9 heteroatoms. The maximum absolute atomic E-state index is 13.9. The van der Waals surface area contributed by atoms with Gasteiger partial charge in [0.1, 0.15) is 0 Å². The molecule has 0 fully saturated rings. The number of aromatic amines is 1. The molecule has 0 radical (unpaired) electrons. The van der Waals surface area contributed by atoms with Crippen LogP contribution in [0.15, 0.2) is 53.3 Å². The van der Waals surface area contributed by atoms with Crippen LogP contribution in [-0.2, 0) is 28.9 Å². The molecule has 216 valence electrons. The van der Waals surface area contributed by atoms with Crippen molar-refractivity contribution in [2.45, 2.75) is 85.2 Å². The predicted molar refractivity (Wildman–Crippen MR) is 158 cm³/mol. The van der Waals surface area contributed by atoms with Crippen LogP contribution >= 0.6 is 0 Å². The standard InChI is InChI=1S/C32H40N6O3/c1-5-12-27-26(30(39)37-20-11-15-28(38(27)37)32(6-2,7-3)31(40)41-8-4)21-22-16-18-23(19-17-22)24-13-9-10-14-25(24)29-33-35-36-34-29/h9-10,13-14,16-19,28H,5-8,11-12,15,20-21H2,1-4H3,(H,33,34,35,36). The summed E-state index contributed by atoms with van der Waals surface area (Å²) < 4.78 is 9.72. The van der Waals surface area contributed by atoms with Crippen molar-refractivity contribution in [1.29, 1.82) is 0 Å². The monoisotopic (exact) mass is 556 g/mol. The fourth-order valence-corrected chi connectivity index (χ4v) is 6.62. The van der Waals surface area contributed by atoms with Crippen LogP contribution in [0.3, 0.4) is 0 Å². The van der Waals surface area contributed by atoms with Crippen molar-refractivity contribution in [1.82, 2.24) is 30.0 Å². The number of rotatable bonds is 11. The van der Waals surface area contributed by atoms with Crippen LogP contribution in [0.1, 0.15) is 82.7 Å². The fraction of sp³-hybridized carbons (Fsp3) is 0.469. The minimum Gasteiger partial charge on any atom is -0.466 e. The number of hydrogen-bond donors (Lipinski definition) is 1. The Bertz CT molecular complexity index is 1530. The van der Waals surface area contributed by atoms with E-state index in [0.29, 0.717) is 38.2 Å². The first-order valence-electron chi connectivity index (χ1n) is 14.9. The van der Waals surface area contributed by atoms with Gasteiger partial charge in [0, 0.05) is 29.8 Å². The molecular formula is C32H40N6O3. The molecule has 41 heavy (non-hydrogen) atoms. The third kappa shape index (κ3) is 5.13. The Kier molecular flexibility index (Phi) is 8.52. The zero-order chi connectivity index (χ0) is 29.0. The molecule has 1 atom stereocenters. The molecule has 3 heterocycles. The topological polar surface area (TPSA) is 108 Å². The number of benzene rings is 2. The van der Waals surface area contributed by atoms with E-state index in [0.717, 1.165) is 59.2 Å². The maximum atomic E-state index is 13.9. The molecule has 4 aromatic rings. The van der Waals surface area contributed by atoms with E-state index in [2.05, 4.69) is 76.4 Å². The first-order chi connectivity index (χ1) is 20.0. The lowest BCUT2D eigenvalue weighted by molar-refractivity contribution is -0.160. The summed E-state index contributed by atoms with van der Waals surface area (Å²) in [5.41, 5.74) is 5.39. The van der Waals surface area contributed by atoms with Gasteiger partial charge in [-0.25, -0.2) is 9.78 Å². The van der Waals surface area contributed by atoms with Crippen molar-refractivity contribution in [3.63, 3.8) is 0 Å². The lowest BCUT2D eigenvalue weighted by Gasteiger charge is -2.42. The summed E-state index contributed by atoms with van der Waals surface area (Å²) in [6.45, 7) is 9.17. The number of nitrogens with zero attached hydrogens (tertiary/aromatic N) is 5. The Hall–Kier alpha value is -4.01. The van der Waals surface area contributed by atoms with Crippen molar-refractivity contribution in [3.8, 4) is 22.5 Å². The van der Waals surface area contributed by atoms with Gasteiger partial charge < -0.3 is 4.74 Å². The van der Waals surface area contributed by atoms with E-state index < -0.39 is 5.41 Å². The number of H-pyrrole nitrogens is 1. The molecule has 0 spiro atoms. The number of aromatic nitrogens is 6. The fourth-order valence-electron chi connectivity index (χ4n) is 6.62. The van der Waals surface area contributed by atoms with Gasteiger partial charge in [-0.3, -0.25) is 14.3 Å². The average molecular weight is 557 g/mol. The van der Waals surface area contributed by atoms with Gasteiger partial charge in [0.15, 0.2) is 5.82 Å². The largest absolute Gasteiger partial charge is 0.466 e. The van der Waals surface area contributed by atoms with Crippen LogP contribution in [0.5, 0.6) is 0 Å². The van der Waals surface area contributed by atoms with Crippen LogP contribution in [0, 0.1) is 5.41 Å². The minimum absolute atomic E-state index is 0.0651. The van der Waals surface area contributed by atoms with E-state index in [1.807, 2.05) is 29.8 Å². The summed E-state index contributed by atoms with van der Waals surface area (Å²) in [4.78, 5) is 27.3.